The van der Waals surface area contributed by atoms with E-state index in [0.29, 0.717) is 24.6 Å². The number of carbonyl (C=O) groups excluding carboxylic acids is 2. The Morgan fingerprint density at radius 1 is 1.17 bits per heavy atom. The number of thiophene rings is 1. The number of fused-ring (bicyclic) bond motifs is 1. The Morgan fingerprint density at radius 2 is 1.93 bits per heavy atom. The van der Waals surface area contributed by atoms with Gasteiger partial charge in [0.05, 0.1) is 12.0 Å². The smallest absolute Gasteiger partial charge is 0.254 e. The summed E-state index contributed by atoms with van der Waals surface area (Å²) in [5, 5.41) is 5.21. The number of carbonyl (C=O) groups is 2. The molecule has 5 nitrogen and oxygen atoms in total. The zero-order valence-corrected chi connectivity index (χ0v) is 18.7. The van der Waals surface area contributed by atoms with Gasteiger partial charge in [0.2, 0.25) is 5.91 Å². The van der Waals surface area contributed by atoms with Crippen LogP contribution in [0.1, 0.15) is 59.4 Å². The fraction of sp³-hybridized carbons (Fsp3) is 0.500. The molecule has 0 aliphatic carbocycles. The van der Waals surface area contributed by atoms with E-state index in [0.717, 1.165) is 30.1 Å². The van der Waals surface area contributed by atoms with Crippen LogP contribution in [0.15, 0.2) is 41.8 Å². The van der Waals surface area contributed by atoms with Crippen LogP contribution in [0.25, 0.3) is 0 Å². The molecule has 1 N–H and O–H groups in total. The zero-order chi connectivity index (χ0) is 21.1. The highest BCUT2D eigenvalue weighted by atomic mass is 32.1. The lowest BCUT2D eigenvalue weighted by Crippen LogP contribution is -2.49. The van der Waals surface area contributed by atoms with Gasteiger partial charge in [-0.3, -0.25) is 9.59 Å². The monoisotopic (exact) mass is 425 g/mol. The van der Waals surface area contributed by atoms with Crippen molar-refractivity contribution in [3.63, 3.8) is 0 Å². The van der Waals surface area contributed by atoms with Crippen LogP contribution >= 0.6 is 11.3 Å². The first-order valence-electron chi connectivity index (χ1n) is 11.0. The molecule has 1 saturated heterocycles. The summed E-state index contributed by atoms with van der Waals surface area (Å²) in [6.45, 7) is 8.64. The molecule has 2 aliphatic heterocycles. The summed E-state index contributed by atoms with van der Waals surface area (Å²) < 4.78 is 0. The maximum Gasteiger partial charge on any atom is 0.254 e. The predicted octanol–water partition coefficient (Wildman–Crippen LogP) is 3.90. The van der Waals surface area contributed by atoms with Crippen molar-refractivity contribution in [3.05, 3.63) is 57.8 Å². The van der Waals surface area contributed by atoms with Gasteiger partial charge >= 0.3 is 0 Å². The summed E-state index contributed by atoms with van der Waals surface area (Å²) in [5.41, 5.74) is 1.50. The summed E-state index contributed by atoms with van der Waals surface area (Å²) in [4.78, 5) is 32.3. The van der Waals surface area contributed by atoms with Gasteiger partial charge in [-0.1, -0.05) is 38.1 Å². The largest absolute Gasteiger partial charge is 0.354 e. The number of rotatable bonds is 7. The normalized spacial score (nSPS) is 21.8. The number of amides is 2. The second-order valence-corrected chi connectivity index (χ2v) is 9.70. The van der Waals surface area contributed by atoms with Crippen molar-refractivity contribution in [3.8, 4) is 0 Å². The zero-order valence-electron chi connectivity index (χ0n) is 17.8. The summed E-state index contributed by atoms with van der Waals surface area (Å²) in [6, 6.07) is 11.4. The fourth-order valence-corrected chi connectivity index (χ4v) is 5.57. The van der Waals surface area contributed by atoms with E-state index in [2.05, 4.69) is 24.1 Å². The molecule has 0 unspecified atom stereocenters. The van der Waals surface area contributed by atoms with Crippen molar-refractivity contribution in [2.75, 3.05) is 32.7 Å². The average molecular weight is 426 g/mol. The second-order valence-electron chi connectivity index (χ2n) is 8.72. The Morgan fingerprint density at radius 3 is 2.63 bits per heavy atom. The third-order valence-corrected chi connectivity index (χ3v) is 6.99. The first kappa shape index (κ1) is 21.1. The molecule has 2 atom stereocenters. The van der Waals surface area contributed by atoms with Crippen molar-refractivity contribution in [1.82, 2.24) is 15.1 Å². The van der Waals surface area contributed by atoms with Crippen LogP contribution in [0.4, 0.5) is 0 Å². The molecular formula is C24H31N3O2S. The van der Waals surface area contributed by atoms with Crippen LogP contribution < -0.4 is 5.32 Å². The van der Waals surface area contributed by atoms with E-state index < -0.39 is 5.92 Å². The molecule has 0 saturated carbocycles. The van der Waals surface area contributed by atoms with Gasteiger partial charge in [0, 0.05) is 30.1 Å². The molecule has 4 rings (SSSR count). The molecule has 0 radical (unpaired) electrons. The number of nitrogens with one attached hydrogen (secondary N) is 1. The van der Waals surface area contributed by atoms with Crippen LogP contribution in [-0.2, 0) is 4.79 Å². The van der Waals surface area contributed by atoms with Gasteiger partial charge in [-0.05, 0) is 54.9 Å². The standard InChI is InChI=1S/C24H31N3O2S/c1-17(2)16-27-22(20-10-7-15-30-20)21(18-8-3-4-9-19(18)24(27)29)23(28)25-11-14-26-12-5-6-13-26/h3-4,7-10,15,17,21-22H,5-6,11-14,16H2,1-2H3,(H,25,28)/t21-,22-/m0/s1. The van der Waals surface area contributed by atoms with Crippen molar-refractivity contribution in [1.29, 1.82) is 0 Å². The van der Waals surface area contributed by atoms with Crippen LogP contribution in [0.3, 0.4) is 0 Å². The summed E-state index contributed by atoms with van der Waals surface area (Å²) >= 11 is 1.62. The lowest BCUT2D eigenvalue weighted by atomic mass is 9.81. The number of likely N-dealkylation sites (tertiary alicyclic amines) is 1. The molecule has 160 valence electrons. The molecule has 0 spiro atoms. The fourth-order valence-electron chi connectivity index (χ4n) is 4.70. The maximum atomic E-state index is 13.5. The van der Waals surface area contributed by atoms with Gasteiger partial charge in [-0.25, -0.2) is 0 Å². The SMILES string of the molecule is CC(C)CN1C(=O)c2ccccc2[C@H](C(=O)NCCN2CCCC2)[C@@H]1c1cccs1. The number of benzene rings is 1. The van der Waals surface area contributed by atoms with Gasteiger partial charge in [0.25, 0.3) is 5.91 Å². The molecule has 1 aromatic heterocycles. The topological polar surface area (TPSA) is 52.7 Å². The Bertz CT molecular complexity index is 874. The predicted molar refractivity (Wildman–Crippen MR) is 121 cm³/mol. The molecule has 1 aromatic carbocycles. The summed E-state index contributed by atoms with van der Waals surface area (Å²) in [7, 11) is 0. The third kappa shape index (κ3) is 4.30. The highest BCUT2D eigenvalue weighted by Gasteiger charge is 2.44. The van der Waals surface area contributed by atoms with E-state index >= 15 is 0 Å². The van der Waals surface area contributed by atoms with Gasteiger partial charge in [0.1, 0.15) is 0 Å². The molecule has 2 aromatic rings. The lowest BCUT2D eigenvalue weighted by Gasteiger charge is -2.42. The Hall–Kier alpha value is -2.18. The minimum Gasteiger partial charge on any atom is -0.354 e. The third-order valence-electron chi connectivity index (χ3n) is 6.04. The quantitative estimate of drug-likeness (QED) is 0.732. The molecule has 30 heavy (non-hydrogen) atoms. The van der Waals surface area contributed by atoms with Crippen LogP contribution in [0, 0.1) is 5.92 Å². The van der Waals surface area contributed by atoms with Crippen molar-refractivity contribution < 1.29 is 9.59 Å². The van der Waals surface area contributed by atoms with E-state index in [9.17, 15) is 9.59 Å². The molecule has 2 aliphatic rings. The van der Waals surface area contributed by atoms with Crippen LogP contribution in [0.5, 0.6) is 0 Å². The number of hydrogen-bond acceptors (Lipinski definition) is 4. The van der Waals surface area contributed by atoms with E-state index in [4.69, 9.17) is 0 Å². The minimum atomic E-state index is -0.394. The van der Waals surface area contributed by atoms with Gasteiger partial charge in [-0.2, -0.15) is 0 Å². The van der Waals surface area contributed by atoms with Gasteiger partial charge in [-0.15, -0.1) is 11.3 Å². The summed E-state index contributed by atoms with van der Waals surface area (Å²) in [5.74, 6) is -0.0319. The Kier molecular flexibility index (Phi) is 6.54. The highest BCUT2D eigenvalue weighted by molar-refractivity contribution is 7.10. The van der Waals surface area contributed by atoms with Crippen molar-refractivity contribution in [2.24, 2.45) is 5.92 Å². The molecule has 6 heteroatoms. The molecule has 0 bridgehead atoms. The summed E-state index contributed by atoms with van der Waals surface area (Å²) in [6.07, 6.45) is 2.49. The molecule has 2 amide bonds. The molecular weight excluding hydrogens is 394 g/mol. The minimum absolute atomic E-state index is 0.0151. The van der Waals surface area contributed by atoms with Crippen LogP contribution in [0.2, 0.25) is 0 Å². The maximum absolute atomic E-state index is 13.5. The van der Waals surface area contributed by atoms with E-state index in [-0.39, 0.29) is 17.9 Å². The van der Waals surface area contributed by atoms with Crippen molar-refractivity contribution in [2.45, 2.75) is 38.6 Å². The Balaban J connectivity index is 1.65. The average Bonchev–Trinajstić information content (AvgIpc) is 3.43. The van der Waals surface area contributed by atoms with Crippen molar-refractivity contribution >= 4 is 23.2 Å². The Labute approximate surface area is 183 Å². The number of nitrogens with zero attached hydrogens (tertiary/aromatic N) is 2. The van der Waals surface area contributed by atoms with E-state index in [1.54, 1.807) is 11.3 Å². The first-order chi connectivity index (χ1) is 14.6. The van der Waals surface area contributed by atoms with E-state index in [1.165, 1.54) is 12.8 Å². The first-order valence-corrected chi connectivity index (χ1v) is 11.9. The van der Waals surface area contributed by atoms with Gasteiger partial charge < -0.3 is 15.1 Å². The highest BCUT2D eigenvalue weighted by Crippen LogP contribution is 2.44. The molecule has 3 heterocycles. The second kappa shape index (κ2) is 9.31. The molecule has 1 fully saturated rings. The van der Waals surface area contributed by atoms with Crippen LogP contribution in [-0.4, -0.2) is 54.3 Å². The van der Waals surface area contributed by atoms with E-state index in [1.807, 2.05) is 46.7 Å². The lowest BCUT2D eigenvalue weighted by molar-refractivity contribution is -0.124. The number of hydrogen-bond donors (Lipinski definition) is 1. The van der Waals surface area contributed by atoms with Gasteiger partial charge in [0.15, 0.2) is 0 Å².